The van der Waals surface area contributed by atoms with Crippen molar-refractivity contribution in [2.75, 3.05) is 20.3 Å². The van der Waals surface area contributed by atoms with E-state index in [0.717, 1.165) is 24.8 Å². The highest BCUT2D eigenvalue weighted by Crippen LogP contribution is 2.67. The van der Waals surface area contributed by atoms with E-state index in [1.54, 1.807) is 30.2 Å². The number of carbonyl (C=O) groups is 2. The third-order valence-electron chi connectivity index (χ3n) is 10.8. The molecule has 8 heteroatoms. The van der Waals surface area contributed by atoms with Gasteiger partial charge in [-0.3, -0.25) is 9.59 Å². The molecule has 0 aliphatic heterocycles. The van der Waals surface area contributed by atoms with Crippen LogP contribution in [0.1, 0.15) is 69.9 Å². The van der Waals surface area contributed by atoms with Gasteiger partial charge in [-0.25, -0.2) is 0 Å². The van der Waals surface area contributed by atoms with E-state index >= 15 is 0 Å². The Balaban J connectivity index is 1.47. The van der Waals surface area contributed by atoms with Gasteiger partial charge in [0.05, 0.1) is 30.7 Å². The van der Waals surface area contributed by atoms with E-state index in [4.69, 9.17) is 9.15 Å². The molecule has 0 spiro atoms. The van der Waals surface area contributed by atoms with Crippen LogP contribution in [0.5, 0.6) is 0 Å². The van der Waals surface area contributed by atoms with Crippen LogP contribution in [-0.2, 0) is 9.53 Å². The number of aliphatic hydroxyl groups excluding tert-OH is 2. The second kappa shape index (κ2) is 9.33. The summed E-state index contributed by atoms with van der Waals surface area (Å²) in [7, 11) is 1.61. The first-order valence-corrected chi connectivity index (χ1v) is 13.7. The second-order valence-electron chi connectivity index (χ2n) is 12.4. The topological polar surface area (TPSA) is 120 Å². The molecular formula is C29H41NO7. The van der Waals surface area contributed by atoms with Gasteiger partial charge in [0.2, 0.25) is 0 Å². The fraction of sp³-hybridized carbons (Fsp3) is 0.724. The minimum Gasteiger partial charge on any atom is -0.459 e. The molecule has 2 unspecified atom stereocenters. The third-order valence-corrected chi connectivity index (χ3v) is 10.8. The number of furan rings is 1. The summed E-state index contributed by atoms with van der Waals surface area (Å²) in [4.78, 5) is 28.6. The predicted octanol–water partition coefficient (Wildman–Crippen LogP) is 2.96. The lowest BCUT2D eigenvalue weighted by atomic mass is 9.46. The molecule has 37 heavy (non-hydrogen) atoms. The van der Waals surface area contributed by atoms with E-state index in [1.165, 1.54) is 6.26 Å². The second-order valence-corrected chi connectivity index (χ2v) is 12.4. The Morgan fingerprint density at radius 3 is 2.65 bits per heavy atom. The number of fused-ring (bicyclic) bond motifs is 5. The van der Waals surface area contributed by atoms with Gasteiger partial charge in [0.15, 0.2) is 11.5 Å². The van der Waals surface area contributed by atoms with Gasteiger partial charge in [-0.15, -0.1) is 0 Å². The van der Waals surface area contributed by atoms with Gasteiger partial charge in [-0.2, -0.15) is 0 Å². The Kier molecular flexibility index (Phi) is 6.71. The normalized spacial score (nSPS) is 41.9. The van der Waals surface area contributed by atoms with Crippen molar-refractivity contribution < 1.29 is 34.1 Å². The fourth-order valence-corrected chi connectivity index (χ4v) is 8.62. The van der Waals surface area contributed by atoms with Gasteiger partial charge >= 0.3 is 0 Å². The van der Waals surface area contributed by atoms with Gasteiger partial charge in [-0.1, -0.05) is 13.8 Å². The molecule has 1 amide bonds. The molecule has 1 aromatic rings. The van der Waals surface area contributed by atoms with Crippen molar-refractivity contribution in [3.63, 3.8) is 0 Å². The number of allylic oxidation sites excluding steroid dienone is 1. The van der Waals surface area contributed by atoms with Crippen LogP contribution in [0.2, 0.25) is 0 Å². The number of rotatable bonds is 6. The molecule has 3 fully saturated rings. The molecule has 5 rings (SSSR count). The zero-order valence-corrected chi connectivity index (χ0v) is 22.4. The maximum atomic E-state index is 13.4. The van der Waals surface area contributed by atoms with Gasteiger partial charge < -0.3 is 29.4 Å². The average Bonchev–Trinajstić information content (AvgIpc) is 3.48. The highest BCUT2D eigenvalue weighted by atomic mass is 16.5. The summed E-state index contributed by atoms with van der Waals surface area (Å²) in [5.74, 6) is -0.335. The van der Waals surface area contributed by atoms with Gasteiger partial charge in [0, 0.05) is 31.0 Å². The number of amides is 1. The minimum absolute atomic E-state index is 0.00881. The molecular weight excluding hydrogens is 474 g/mol. The van der Waals surface area contributed by atoms with Crippen molar-refractivity contribution in [3.05, 3.63) is 35.8 Å². The van der Waals surface area contributed by atoms with Crippen LogP contribution in [0, 0.1) is 28.6 Å². The van der Waals surface area contributed by atoms with Gasteiger partial charge in [0.25, 0.3) is 5.91 Å². The van der Waals surface area contributed by atoms with Crippen molar-refractivity contribution in [2.45, 2.75) is 83.1 Å². The summed E-state index contributed by atoms with van der Waals surface area (Å²) < 4.78 is 10.7. The summed E-state index contributed by atoms with van der Waals surface area (Å²) in [6, 6.07) is 3.18. The SMILES string of the molecule is COCCN(C(=O)c1ccco1)C(C)[C@H]1CC[C@@]2(O)C3=CC(=O)[C@@H]4C[C@@H](O)[C@@H](O)C[C@]4(C)C3CC[C@]12C. The number of ketones is 1. The Morgan fingerprint density at radius 1 is 1.22 bits per heavy atom. The quantitative estimate of drug-likeness (QED) is 0.533. The standard InChI is InChI=1S/C29H41NO7/c1-17(30(11-13-36-4)26(34)25-6-5-12-37-25)18-8-10-29(35)20-14-22(31)21-15-23(32)24(33)16-27(21,2)19(20)7-9-28(18,29)3/h5-6,12,14,17-19,21,23-24,32-33,35H,7-11,13,15-16H2,1-4H3/t17?,18-,19?,21+,23-,24+,27-,28-,29-/m1/s1. The minimum atomic E-state index is -1.17. The number of ether oxygens (including phenoxy) is 1. The van der Waals surface area contributed by atoms with E-state index in [9.17, 15) is 24.9 Å². The number of carbonyl (C=O) groups excluding carboxylic acids is 2. The molecule has 8 nitrogen and oxygen atoms in total. The van der Waals surface area contributed by atoms with Crippen molar-refractivity contribution in [1.29, 1.82) is 0 Å². The molecule has 4 aliphatic rings. The lowest BCUT2D eigenvalue weighted by Crippen LogP contribution is -2.61. The maximum Gasteiger partial charge on any atom is 0.289 e. The smallest absolute Gasteiger partial charge is 0.289 e. The summed E-state index contributed by atoms with van der Waals surface area (Å²) in [6.07, 6.45) is 4.80. The van der Waals surface area contributed by atoms with Crippen LogP contribution < -0.4 is 0 Å². The average molecular weight is 516 g/mol. The summed E-state index contributed by atoms with van der Waals surface area (Å²) in [6.45, 7) is 7.01. The van der Waals surface area contributed by atoms with Crippen LogP contribution in [0.15, 0.2) is 34.5 Å². The third kappa shape index (κ3) is 3.86. The molecule has 204 valence electrons. The lowest BCUT2D eigenvalue weighted by Gasteiger charge is -2.60. The first-order valence-electron chi connectivity index (χ1n) is 13.7. The molecule has 4 aliphatic carbocycles. The number of nitrogens with zero attached hydrogens (tertiary/aromatic N) is 1. The first kappa shape index (κ1) is 26.6. The first-order chi connectivity index (χ1) is 17.5. The molecule has 0 bridgehead atoms. The molecule has 3 N–H and O–H groups in total. The van der Waals surface area contributed by atoms with E-state index < -0.39 is 28.6 Å². The molecule has 3 saturated carbocycles. The monoisotopic (exact) mass is 515 g/mol. The largest absolute Gasteiger partial charge is 0.459 e. The predicted molar refractivity (Wildman–Crippen MR) is 136 cm³/mol. The molecule has 9 atom stereocenters. The fourth-order valence-electron chi connectivity index (χ4n) is 8.62. The lowest BCUT2D eigenvalue weighted by molar-refractivity contribution is -0.153. The molecule has 1 heterocycles. The maximum absolute atomic E-state index is 13.4. The summed E-state index contributed by atoms with van der Waals surface area (Å²) >= 11 is 0. The van der Waals surface area contributed by atoms with Crippen molar-refractivity contribution in [2.24, 2.45) is 28.6 Å². The number of hydrogen-bond donors (Lipinski definition) is 3. The highest BCUT2D eigenvalue weighted by molar-refractivity contribution is 5.95. The van der Waals surface area contributed by atoms with E-state index in [1.807, 2.05) is 6.92 Å². The van der Waals surface area contributed by atoms with Crippen molar-refractivity contribution in [3.8, 4) is 0 Å². The van der Waals surface area contributed by atoms with Crippen LogP contribution in [0.3, 0.4) is 0 Å². The van der Waals surface area contributed by atoms with Crippen molar-refractivity contribution >= 4 is 11.7 Å². The molecule has 0 saturated heterocycles. The van der Waals surface area contributed by atoms with Gasteiger partial charge in [0.1, 0.15) is 0 Å². The Labute approximate surface area is 218 Å². The van der Waals surface area contributed by atoms with Crippen molar-refractivity contribution in [1.82, 2.24) is 4.90 Å². The highest BCUT2D eigenvalue weighted by Gasteiger charge is 2.67. The van der Waals surface area contributed by atoms with Crippen LogP contribution in [-0.4, -0.2) is 76.0 Å². The Hall–Kier alpha value is -2.00. The molecule has 0 aromatic carbocycles. The van der Waals surface area contributed by atoms with Gasteiger partial charge in [-0.05, 0) is 86.5 Å². The Morgan fingerprint density at radius 2 is 1.97 bits per heavy atom. The zero-order chi connectivity index (χ0) is 26.8. The molecule has 1 aromatic heterocycles. The zero-order valence-electron chi connectivity index (χ0n) is 22.4. The molecule has 0 radical (unpaired) electrons. The summed E-state index contributed by atoms with van der Waals surface area (Å²) in [5.41, 5.74) is -1.40. The van der Waals surface area contributed by atoms with Crippen LogP contribution >= 0.6 is 0 Å². The number of aliphatic hydroxyl groups is 3. The number of hydrogen-bond acceptors (Lipinski definition) is 7. The number of methoxy groups -OCH3 is 1. The van der Waals surface area contributed by atoms with E-state index in [0.29, 0.717) is 26.0 Å². The van der Waals surface area contributed by atoms with E-state index in [-0.39, 0.29) is 47.7 Å². The van der Waals surface area contributed by atoms with Crippen LogP contribution in [0.4, 0.5) is 0 Å². The van der Waals surface area contributed by atoms with E-state index in [2.05, 4.69) is 13.8 Å². The van der Waals surface area contributed by atoms with Crippen LogP contribution in [0.25, 0.3) is 0 Å². The Bertz CT molecular complexity index is 1070. The summed E-state index contributed by atoms with van der Waals surface area (Å²) in [5, 5.41) is 33.3.